The average molecular weight is 463 g/mol. The Labute approximate surface area is 195 Å². The Kier molecular flexibility index (Phi) is 6.44. The van der Waals surface area contributed by atoms with E-state index in [0.29, 0.717) is 17.0 Å². The fraction of sp³-hybridized carbons (Fsp3) is 0.250. The van der Waals surface area contributed by atoms with Crippen LogP contribution in [0.1, 0.15) is 29.8 Å². The zero-order valence-corrected chi connectivity index (χ0v) is 18.8. The minimum atomic E-state index is -1.45. The molecule has 176 valence electrons. The molecule has 10 nitrogen and oxygen atoms in total. The quantitative estimate of drug-likeness (QED) is 0.314. The van der Waals surface area contributed by atoms with Gasteiger partial charge in [-0.05, 0) is 29.8 Å². The summed E-state index contributed by atoms with van der Waals surface area (Å²) >= 11 is 0. The van der Waals surface area contributed by atoms with E-state index in [9.17, 15) is 14.7 Å². The predicted molar refractivity (Wildman–Crippen MR) is 126 cm³/mol. The van der Waals surface area contributed by atoms with Crippen LogP contribution in [0.3, 0.4) is 0 Å². The number of pyridine rings is 1. The monoisotopic (exact) mass is 462 g/mol. The maximum atomic E-state index is 12.7. The zero-order chi connectivity index (χ0) is 24.3. The Morgan fingerprint density at radius 3 is 2.56 bits per heavy atom. The van der Waals surface area contributed by atoms with Gasteiger partial charge >= 0.3 is 0 Å². The highest BCUT2D eigenvalue weighted by atomic mass is 16.3. The molecule has 2 amide bonds. The smallest absolute Gasteiger partial charge is 0.256 e. The molecule has 0 saturated carbocycles. The van der Waals surface area contributed by atoms with Crippen LogP contribution < -0.4 is 10.6 Å². The number of carbonyl (C=O) groups excluding carboxylic acids is 2. The maximum absolute atomic E-state index is 12.7. The number of carbonyl (C=O) groups is 2. The van der Waals surface area contributed by atoms with Crippen LogP contribution in [0.2, 0.25) is 0 Å². The number of rotatable bonds is 8. The molecule has 3 heterocycles. The summed E-state index contributed by atoms with van der Waals surface area (Å²) in [5.74, 6) is -0.486. The number of nitrogens with zero attached hydrogens (tertiary/aromatic N) is 4. The topological polar surface area (TPSA) is 134 Å². The van der Waals surface area contributed by atoms with Crippen molar-refractivity contribution in [1.82, 2.24) is 24.3 Å². The summed E-state index contributed by atoms with van der Waals surface area (Å²) in [7, 11) is 0. The lowest BCUT2D eigenvalue weighted by Crippen LogP contribution is -2.42. The number of anilines is 1. The standard InChI is InChI=1S/C24H26N6O4/c1-24(2,14-26-23(34)19(32)13-31)17-5-3-16(4-6-17)22(33)28-20-12-30-11-18(7-8-21(30)27-20)29-10-9-25-15-29/h3-12,15,19,31-32H,13-14H2,1-2H3,(H,26,34)(H,28,33). The molecule has 1 aromatic carbocycles. The Balaban J connectivity index is 1.42. The van der Waals surface area contributed by atoms with Crippen molar-refractivity contribution in [3.05, 3.63) is 78.6 Å². The van der Waals surface area contributed by atoms with Crippen LogP contribution in [0.15, 0.2) is 67.5 Å². The van der Waals surface area contributed by atoms with Crippen LogP contribution in [-0.2, 0) is 10.2 Å². The third-order valence-electron chi connectivity index (χ3n) is 5.59. The maximum Gasteiger partial charge on any atom is 0.256 e. The van der Waals surface area contributed by atoms with Gasteiger partial charge in [-0.2, -0.15) is 0 Å². The first-order valence-corrected chi connectivity index (χ1v) is 10.7. The number of benzene rings is 1. The Morgan fingerprint density at radius 1 is 1.12 bits per heavy atom. The van der Waals surface area contributed by atoms with Crippen molar-refractivity contribution in [2.24, 2.45) is 0 Å². The van der Waals surface area contributed by atoms with Crippen molar-refractivity contribution >= 4 is 23.3 Å². The summed E-state index contributed by atoms with van der Waals surface area (Å²) in [5, 5.41) is 23.7. The molecule has 0 aliphatic rings. The molecule has 4 rings (SSSR count). The van der Waals surface area contributed by atoms with E-state index >= 15 is 0 Å². The van der Waals surface area contributed by atoms with Gasteiger partial charge in [-0.3, -0.25) is 9.59 Å². The summed E-state index contributed by atoms with van der Waals surface area (Å²) in [4.78, 5) is 33.0. The number of amides is 2. The fourth-order valence-corrected chi connectivity index (χ4v) is 3.48. The van der Waals surface area contributed by atoms with Crippen LogP contribution in [0.5, 0.6) is 0 Å². The van der Waals surface area contributed by atoms with Crippen LogP contribution >= 0.6 is 0 Å². The number of aromatic nitrogens is 4. The van der Waals surface area contributed by atoms with Crippen molar-refractivity contribution in [3.8, 4) is 5.69 Å². The third-order valence-corrected chi connectivity index (χ3v) is 5.59. The Bertz CT molecular complexity index is 1300. The largest absolute Gasteiger partial charge is 0.393 e. The molecular weight excluding hydrogens is 436 g/mol. The molecule has 0 aliphatic heterocycles. The third kappa shape index (κ3) is 4.98. The second-order valence-electron chi connectivity index (χ2n) is 8.58. The molecule has 0 saturated heterocycles. The first-order valence-electron chi connectivity index (χ1n) is 10.7. The summed E-state index contributed by atoms with van der Waals surface area (Å²) in [5.41, 5.74) is 2.54. The molecule has 1 unspecified atom stereocenters. The lowest BCUT2D eigenvalue weighted by Gasteiger charge is -2.26. The second kappa shape index (κ2) is 9.46. The summed E-state index contributed by atoms with van der Waals surface area (Å²) < 4.78 is 3.71. The van der Waals surface area contributed by atoms with Gasteiger partial charge in [0.2, 0.25) is 0 Å². The Morgan fingerprint density at radius 2 is 1.88 bits per heavy atom. The molecule has 34 heavy (non-hydrogen) atoms. The van der Waals surface area contributed by atoms with Gasteiger partial charge in [0.05, 0.1) is 24.8 Å². The van der Waals surface area contributed by atoms with E-state index in [4.69, 9.17) is 5.11 Å². The number of hydrogen-bond donors (Lipinski definition) is 4. The van der Waals surface area contributed by atoms with Crippen molar-refractivity contribution in [1.29, 1.82) is 0 Å². The summed E-state index contributed by atoms with van der Waals surface area (Å²) in [6, 6.07) is 10.9. The predicted octanol–water partition coefficient (Wildman–Crippen LogP) is 1.52. The molecule has 3 aromatic heterocycles. The molecule has 0 aliphatic carbocycles. The van der Waals surface area contributed by atoms with Crippen molar-refractivity contribution < 1.29 is 19.8 Å². The molecule has 0 spiro atoms. The number of nitrogens with one attached hydrogen (secondary N) is 2. The summed E-state index contributed by atoms with van der Waals surface area (Å²) in [6.07, 6.45) is 7.45. The first-order chi connectivity index (χ1) is 16.3. The molecule has 0 radical (unpaired) electrons. The molecule has 10 heteroatoms. The number of aliphatic hydroxyl groups is 2. The van der Waals surface area contributed by atoms with Gasteiger partial charge < -0.3 is 29.8 Å². The molecule has 4 aromatic rings. The molecular formula is C24H26N6O4. The van der Waals surface area contributed by atoms with E-state index < -0.39 is 24.0 Å². The Hall–Kier alpha value is -4.02. The van der Waals surface area contributed by atoms with Crippen LogP contribution in [0.25, 0.3) is 11.3 Å². The minimum Gasteiger partial charge on any atom is -0.393 e. The molecule has 0 fully saturated rings. The lowest BCUT2D eigenvalue weighted by atomic mass is 9.84. The van der Waals surface area contributed by atoms with Gasteiger partial charge in [0.15, 0.2) is 11.9 Å². The van der Waals surface area contributed by atoms with Crippen LogP contribution in [-0.4, -0.2) is 60.2 Å². The van der Waals surface area contributed by atoms with E-state index in [-0.39, 0.29) is 12.5 Å². The molecule has 0 bridgehead atoms. The first kappa shape index (κ1) is 23.1. The lowest BCUT2D eigenvalue weighted by molar-refractivity contribution is -0.131. The van der Waals surface area contributed by atoms with Crippen LogP contribution in [0, 0.1) is 0 Å². The number of aliphatic hydroxyl groups excluding tert-OH is 2. The molecule has 1 atom stereocenters. The van der Waals surface area contributed by atoms with E-state index in [1.807, 2.05) is 59.5 Å². The van der Waals surface area contributed by atoms with Crippen molar-refractivity contribution in [2.75, 3.05) is 18.5 Å². The van der Waals surface area contributed by atoms with Crippen molar-refractivity contribution in [3.63, 3.8) is 0 Å². The molecule has 4 N–H and O–H groups in total. The van der Waals surface area contributed by atoms with Gasteiger partial charge in [0.25, 0.3) is 11.8 Å². The van der Waals surface area contributed by atoms with Crippen molar-refractivity contribution in [2.45, 2.75) is 25.4 Å². The van der Waals surface area contributed by atoms with Gasteiger partial charge in [-0.15, -0.1) is 0 Å². The fourth-order valence-electron chi connectivity index (χ4n) is 3.48. The number of fused-ring (bicyclic) bond motifs is 1. The second-order valence-corrected chi connectivity index (χ2v) is 8.58. The van der Waals surface area contributed by atoms with Gasteiger partial charge in [-0.25, -0.2) is 9.97 Å². The van der Waals surface area contributed by atoms with E-state index in [1.165, 1.54) is 0 Å². The minimum absolute atomic E-state index is 0.261. The highest BCUT2D eigenvalue weighted by molar-refractivity contribution is 6.03. The SMILES string of the molecule is CC(C)(CNC(=O)C(O)CO)c1ccc(C(=O)Nc2cn3cc(-n4ccnc4)ccc3n2)cc1. The highest BCUT2D eigenvalue weighted by Crippen LogP contribution is 2.23. The average Bonchev–Trinajstić information content (AvgIpc) is 3.51. The van der Waals surface area contributed by atoms with Gasteiger partial charge in [0.1, 0.15) is 5.65 Å². The summed E-state index contributed by atoms with van der Waals surface area (Å²) in [6.45, 7) is 3.50. The van der Waals surface area contributed by atoms with E-state index in [1.54, 1.807) is 30.9 Å². The zero-order valence-electron chi connectivity index (χ0n) is 18.8. The normalized spacial score (nSPS) is 12.5. The van der Waals surface area contributed by atoms with Gasteiger partial charge in [0, 0.05) is 36.1 Å². The van der Waals surface area contributed by atoms with Gasteiger partial charge in [-0.1, -0.05) is 26.0 Å². The number of imidazole rings is 2. The number of hydrogen-bond acceptors (Lipinski definition) is 6. The van der Waals surface area contributed by atoms with E-state index in [2.05, 4.69) is 20.6 Å². The van der Waals surface area contributed by atoms with Crippen LogP contribution in [0.4, 0.5) is 5.82 Å². The van der Waals surface area contributed by atoms with E-state index in [0.717, 1.165) is 11.3 Å². The highest BCUT2D eigenvalue weighted by Gasteiger charge is 2.23.